The molecule has 0 radical (unpaired) electrons. The van der Waals surface area contributed by atoms with Gasteiger partial charge >= 0.3 is 0 Å². The number of anilines is 1. The van der Waals surface area contributed by atoms with E-state index >= 15 is 0 Å². The number of aryl methyl sites for hydroxylation is 1. The van der Waals surface area contributed by atoms with Crippen molar-refractivity contribution in [1.29, 1.82) is 0 Å². The van der Waals surface area contributed by atoms with Gasteiger partial charge in [0, 0.05) is 17.2 Å². The molecule has 0 spiro atoms. The summed E-state index contributed by atoms with van der Waals surface area (Å²) in [6.45, 7) is 1.96. The molecule has 0 saturated carbocycles. The molecule has 0 aliphatic carbocycles. The third kappa shape index (κ3) is 4.28. The zero-order valence-electron chi connectivity index (χ0n) is 17.6. The van der Waals surface area contributed by atoms with Gasteiger partial charge in [-0.05, 0) is 49.4 Å². The van der Waals surface area contributed by atoms with E-state index in [2.05, 4.69) is 22.5 Å². The molecule has 1 amide bonds. The van der Waals surface area contributed by atoms with Crippen LogP contribution in [-0.2, 0) is 0 Å². The van der Waals surface area contributed by atoms with Crippen LogP contribution >= 0.6 is 0 Å². The number of carbonyl (C=O) groups excluding carboxylic acids is 1. The number of benzene rings is 3. The largest absolute Gasteiger partial charge is 0.497 e. The molecule has 0 bridgehead atoms. The Morgan fingerprint density at radius 2 is 1.65 bits per heavy atom. The summed E-state index contributed by atoms with van der Waals surface area (Å²) in [5, 5.41) is 7.51. The zero-order valence-corrected chi connectivity index (χ0v) is 17.6. The Kier molecular flexibility index (Phi) is 5.71. The molecule has 1 aromatic heterocycles. The number of ether oxygens (including phenoxy) is 2. The van der Waals surface area contributed by atoms with Crippen LogP contribution in [0, 0.1) is 6.92 Å². The number of nitrogens with zero attached hydrogens (tertiary/aromatic N) is 2. The average Bonchev–Trinajstić information content (AvgIpc) is 3.21. The fourth-order valence-corrected chi connectivity index (χ4v) is 3.37. The predicted octanol–water partition coefficient (Wildman–Crippen LogP) is 5.12. The second kappa shape index (κ2) is 8.75. The summed E-state index contributed by atoms with van der Waals surface area (Å²) in [7, 11) is 3.13. The van der Waals surface area contributed by atoms with Crippen LogP contribution in [0.5, 0.6) is 11.5 Å². The molecule has 3 aromatic carbocycles. The van der Waals surface area contributed by atoms with Gasteiger partial charge in [0.05, 0.1) is 37.0 Å². The first-order valence-corrected chi connectivity index (χ1v) is 9.85. The number of rotatable bonds is 6. The normalized spacial score (nSPS) is 10.5. The van der Waals surface area contributed by atoms with Gasteiger partial charge in [-0.2, -0.15) is 5.10 Å². The Labute approximate surface area is 181 Å². The smallest absolute Gasteiger partial charge is 0.255 e. The Morgan fingerprint density at radius 1 is 0.903 bits per heavy atom. The summed E-state index contributed by atoms with van der Waals surface area (Å²) in [5.74, 6) is 0.956. The van der Waals surface area contributed by atoms with Gasteiger partial charge in [0.25, 0.3) is 5.91 Å². The lowest BCUT2D eigenvalue weighted by Gasteiger charge is -2.12. The molecule has 0 unspecified atom stereocenters. The SMILES string of the molecule is COc1ccc(OC)c(NC(=O)c2ccc(-n3nc(C)cc3-c3ccccc3)cc2)c1. The molecule has 0 aliphatic heterocycles. The van der Waals surface area contributed by atoms with Crippen molar-refractivity contribution in [2.75, 3.05) is 19.5 Å². The molecule has 31 heavy (non-hydrogen) atoms. The van der Waals surface area contributed by atoms with Crippen LogP contribution in [0.15, 0.2) is 78.9 Å². The number of hydrogen-bond donors (Lipinski definition) is 1. The van der Waals surface area contributed by atoms with E-state index in [1.54, 1.807) is 44.6 Å². The molecule has 1 N–H and O–H groups in total. The van der Waals surface area contributed by atoms with Crippen molar-refractivity contribution >= 4 is 11.6 Å². The molecule has 0 atom stereocenters. The van der Waals surface area contributed by atoms with E-state index < -0.39 is 0 Å². The van der Waals surface area contributed by atoms with Crippen LogP contribution in [0.2, 0.25) is 0 Å². The molecular formula is C25H23N3O3. The Morgan fingerprint density at radius 3 is 2.32 bits per heavy atom. The van der Waals surface area contributed by atoms with E-state index in [0.717, 1.165) is 22.6 Å². The lowest BCUT2D eigenvalue weighted by Crippen LogP contribution is -2.13. The first-order valence-electron chi connectivity index (χ1n) is 9.85. The van der Waals surface area contributed by atoms with Gasteiger partial charge in [0.2, 0.25) is 0 Å². The third-order valence-electron chi connectivity index (χ3n) is 4.93. The maximum absolute atomic E-state index is 12.8. The summed E-state index contributed by atoms with van der Waals surface area (Å²) >= 11 is 0. The number of nitrogens with one attached hydrogen (secondary N) is 1. The average molecular weight is 413 g/mol. The lowest BCUT2D eigenvalue weighted by atomic mass is 10.1. The molecule has 0 saturated heterocycles. The van der Waals surface area contributed by atoms with E-state index in [9.17, 15) is 4.79 Å². The highest BCUT2D eigenvalue weighted by molar-refractivity contribution is 6.05. The minimum atomic E-state index is -0.238. The Hall–Kier alpha value is -4.06. The van der Waals surface area contributed by atoms with Gasteiger partial charge in [-0.15, -0.1) is 0 Å². The highest BCUT2D eigenvalue weighted by atomic mass is 16.5. The molecule has 1 heterocycles. The Balaban J connectivity index is 1.59. The topological polar surface area (TPSA) is 65.4 Å². The molecule has 0 fully saturated rings. The van der Waals surface area contributed by atoms with Crippen LogP contribution in [0.3, 0.4) is 0 Å². The van der Waals surface area contributed by atoms with E-state index in [1.165, 1.54) is 0 Å². The highest BCUT2D eigenvalue weighted by Crippen LogP contribution is 2.29. The van der Waals surface area contributed by atoms with Crippen LogP contribution < -0.4 is 14.8 Å². The second-order valence-corrected chi connectivity index (χ2v) is 7.02. The van der Waals surface area contributed by atoms with Crippen molar-refractivity contribution in [3.8, 4) is 28.4 Å². The Bertz CT molecular complexity index is 1200. The number of carbonyl (C=O) groups is 1. The zero-order chi connectivity index (χ0) is 21.8. The van der Waals surface area contributed by atoms with E-state index in [0.29, 0.717) is 22.7 Å². The molecule has 4 rings (SSSR count). The van der Waals surface area contributed by atoms with Crippen LogP contribution in [0.4, 0.5) is 5.69 Å². The summed E-state index contributed by atoms with van der Waals surface area (Å²) in [5.41, 5.74) is 4.95. The van der Waals surface area contributed by atoms with Crippen molar-refractivity contribution in [2.24, 2.45) is 0 Å². The van der Waals surface area contributed by atoms with Gasteiger partial charge in [-0.3, -0.25) is 4.79 Å². The first-order chi connectivity index (χ1) is 15.1. The van der Waals surface area contributed by atoms with Gasteiger partial charge in [-0.1, -0.05) is 30.3 Å². The number of amides is 1. The highest BCUT2D eigenvalue weighted by Gasteiger charge is 2.13. The van der Waals surface area contributed by atoms with Crippen molar-refractivity contribution in [3.63, 3.8) is 0 Å². The molecule has 6 nitrogen and oxygen atoms in total. The number of hydrogen-bond acceptors (Lipinski definition) is 4. The van der Waals surface area contributed by atoms with Gasteiger partial charge in [-0.25, -0.2) is 4.68 Å². The predicted molar refractivity (Wildman–Crippen MR) is 121 cm³/mol. The number of methoxy groups -OCH3 is 2. The van der Waals surface area contributed by atoms with E-state index in [-0.39, 0.29) is 5.91 Å². The van der Waals surface area contributed by atoms with Crippen molar-refractivity contribution in [2.45, 2.75) is 6.92 Å². The summed E-state index contributed by atoms with van der Waals surface area (Å²) < 4.78 is 12.5. The van der Waals surface area contributed by atoms with Gasteiger partial charge in [0.15, 0.2) is 0 Å². The van der Waals surface area contributed by atoms with Gasteiger partial charge < -0.3 is 14.8 Å². The summed E-state index contributed by atoms with van der Waals surface area (Å²) in [6.07, 6.45) is 0. The van der Waals surface area contributed by atoms with Crippen LogP contribution in [-0.4, -0.2) is 29.9 Å². The van der Waals surface area contributed by atoms with Crippen molar-refractivity contribution < 1.29 is 14.3 Å². The summed E-state index contributed by atoms with van der Waals surface area (Å²) in [4.78, 5) is 12.8. The standard InChI is InChI=1S/C25H23N3O3/c1-17-15-23(18-7-5-4-6-8-18)28(27-17)20-11-9-19(10-12-20)25(29)26-22-16-21(30-2)13-14-24(22)31-3/h4-16H,1-3H3,(H,26,29). The number of aromatic nitrogens is 2. The molecule has 0 aliphatic rings. The maximum Gasteiger partial charge on any atom is 0.255 e. The maximum atomic E-state index is 12.8. The molecule has 4 aromatic rings. The van der Waals surface area contributed by atoms with E-state index in [1.807, 2.05) is 48.0 Å². The van der Waals surface area contributed by atoms with Gasteiger partial charge in [0.1, 0.15) is 11.5 Å². The molecular weight excluding hydrogens is 390 g/mol. The lowest BCUT2D eigenvalue weighted by molar-refractivity contribution is 0.102. The fraction of sp³-hybridized carbons (Fsp3) is 0.120. The monoisotopic (exact) mass is 413 g/mol. The minimum Gasteiger partial charge on any atom is -0.497 e. The summed E-state index contributed by atoms with van der Waals surface area (Å²) in [6, 6.07) is 24.7. The van der Waals surface area contributed by atoms with Crippen LogP contribution in [0.25, 0.3) is 16.9 Å². The van der Waals surface area contributed by atoms with Crippen molar-refractivity contribution in [1.82, 2.24) is 9.78 Å². The van der Waals surface area contributed by atoms with E-state index in [4.69, 9.17) is 9.47 Å². The van der Waals surface area contributed by atoms with Crippen LogP contribution in [0.1, 0.15) is 16.1 Å². The minimum absolute atomic E-state index is 0.238. The second-order valence-electron chi connectivity index (χ2n) is 7.02. The fourth-order valence-electron chi connectivity index (χ4n) is 3.37. The van der Waals surface area contributed by atoms with Crippen molar-refractivity contribution in [3.05, 3.63) is 90.1 Å². The third-order valence-corrected chi connectivity index (χ3v) is 4.93. The quantitative estimate of drug-likeness (QED) is 0.477. The first kappa shape index (κ1) is 20.2. The molecule has 156 valence electrons. The molecule has 6 heteroatoms.